The number of amides is 2. The van der Waals surface area contributed by atoms with Gasteiger partial charge in [-0.05, 0) is 37.1 Å². The Balaban J connectivity index is 1.73. The number of nitrogen functional groups attached to an aromatic ring is 1. The summed E-state index contributed by atoms with van der Waals surface area (Å²) in [6.07, 6.45) is -0.105. The zero-order chi connectivity index (χ0) is 22.9. The number of benzene rings is 1. The van der Waals surface area contributed by atoms with Crippen molar-refractivity contribution < 1.29 is 23.1 Å². The molecular formula is C21H19F3N6O2. The number of hydrogen-bond acceptors (Lipinski definition) is 6. The first-order valence-electron chi connectivity index (χ1n) is 9.72. The van der Waals surface area contributed by atoms with E-state index in [9.17, 15) is 23.1 Å². The van der Waals surface area contributed by atoms with Gasteiger partial charge in [-0.15, -0.1) is 0 Å². The van der Waals surface area contributed by atoms with Crippen molar-refractivity contribution in [3.8, 4) is 11.3 Å². The van der Waals surface area contributed by atoms with Crippen molar-refractivity contribution in [3.05, 3.63) is 60.6 Å². The van der Waals surface area contributed by atoms with Crippen LogP contribution < -0.4 is 16.0 Å². The minimum atomic E-state index is -4.51. The molecule has 0 bridgehead atoms. The molecule has 3 aromatic rings. The summed E-state index contributed by atoms with van der Waals surface area (Å²) in [5, 5.41) is 12.8. The molecule has 11 heteroatoms. The summed E-state index contributed by atoms with van der Waals surface area (Å²) < 4.78 is 39.4. The molecule has 1 aliphatic rings. The highest BCUT2D eigenvalue weighted by molar-refractivity contribution is 6.03. The number of pyridine rings is 1. The van der Waals surface area contributed by atoms with Crippen LogP contribution in [0.4, 0.5) is 35.3 Å². The van der Waals surface area contributed by atoms with Gasteiger partial charge in [0.1, 0.15) is 0 Å². The van der Waals surface area contributed by atoms with Gasteiger partial charge in [-0.2, -0.15) is 13.2 Å². The number of hydrogen-bond donors (Lipinski definition) is 3. The van der Waals surface area contributed by atoms with Crippen LogP contribution in [0.25, 0.3) is 11.3 Å². The molecule has 2 heterocycles. The van der Waals surface area contributed by atoms with Crippen LogP contribution in [0.3, 0.4) is 0 Å². The summed E-state index contributed by atoms with van der Waals surface area (Å²) in [6.45, 7) is 0. The topological polar surface area (TPSA) is 117 Å². The number of carbonyl (C=O) groups is 1. The zero-order valence-electron chi connectivity index (χ0n) is 16.6. The van der Waals surface area contributed by atoms with Gasteiger partial charge in [0.25, 0.3) is 0 Å². The van der Waals surface area contributed by atoms with Gasteiger partial charge < -0.3 is 10.8 Å². The van der Waals surface area contributed by atoms with E-state index in [1.54, 1.807) is 0 Å². The highest BCUT2D eigenvalue weighted by Gasteiger charge is 2.39. The molecule has 4 rings (SSSR count). The van der Waals surface area contributed by atoms with Crippen molar-refractivity contribution in [3.63, 3.8) is 0 Å². The molecule has 1 saturated carbocycles. The second-order valence-corrected chi connectivity index (χ2v) is 7.29. The molecule has 2 amide bonds. The predicted molar refractivity (Wildman–Crippen MR) is 112 cm³/mol. The molecule has 0 saturated heterocycles. The fraction of sp³-hybridized carbons (Fsp3) is 0.238. The summed E-state index contributed by atoms with van der Waals surface area (Å²) in [7, 11) is 0. The molecule has 0 radical (unpaired) electrons. The number of halogens is 3. The van der Waals surface area contributed by atoms with Crippen molar-refractivity contribution in [2.45, 2.75) is 31.2 Å². The zero-order valence-corrected chi connectivity index (χ0v) is 16.6. The molecule has 2 atom stereocenters. The lowest BCUT2D eigenvalue weighted by Crippen LogP contribution is -2.55. The lowest BCUT2D eigenvalue weighted by atomic mass is 9.88. The number of nitrogens with two attached hydrogens (primary N) is 1. The average Bonchev–Trinajstić information content (AvgIpc) is 2.77. The molecular weight excluding hydrogens is 425 g/mol. The normalized spacial score (nSPS) is 18.0. The Morgan fingerprint density at radius 1 is 1.19 bits per heavy atom. The molecule has 1 fully saturated rings. The van der Waals surface area contributed by atoms with Crippen LogP contribution in [-0.2, 0) is 6.18 Å². The van der Waals surface area contributed by atoms with Gasteiger partial charge >= 0.3 is 12.2 Å². The van der Waals surface area contributed by atoms with Crippen LogP contribution in [0.15, 0.2) is 55.0 Å². The largest absolute Gasteiger partial charge is 0.416 e. The van der Waals surface area contributed by atoms with Gasteiger partial charge in [0.2, 0.25) is 0 Å². The maximum Gasteiger partial charge on any atom is 0.416 e. The van der Waals surface area contributed by atoms with E-state index in [0.29, 0.717) is 12.8 Å². The van der Waals surface area contributed by atoms with Crippen LogP contribution in [0.1, 0.15) is 18.4 Å². The third kappa shape index (κ3) is 4.33. The SMILES string of the molecule is Nc1ccc(-c2cccc(C(F)(F)F)c2)nc1N(C(=O)Nc1cnccn1)C1CC[C@H]1O. The first-order chi connectivity index (χ1) is 15.2. The van der Waals surface area contributed by atoms with Crippen molar-refractivity contribution >= 4 is 23.4 Å². The minimum Gasteiger partial charge on any atom is -0.396 e. The number of aliphatic hydroxyl groups is 1. The van der Waals surface area contributed by atoms with Crippen molar-refractivity contribution in [1.82, 2.24) is 15.0 Å². The Morgan fingerprint density at radius 2 is 2.00 bits per heavy atom. The van der Waals surface area contributed by atoms with Gasteiger partial charge in [-0.25, -0.2) is 14.8 Å². The second kappa shape index (κ2) is 8.42. The van der Waals surface area contributed by atoms with Crippen LogP contribution >= 0.6 is 0 Å². The molecule has 4 N–H and O–H groups in total. The van der Waals surface area contributed by atoms with E-state index in [1.807, 2.05) is 0 Å². The number of rotatable bonds is 4. The Labute approximate surface area is 180 Å². The fourth-order valence-electron chi connectivity index (χ4n) is 3.37. The minimum absolute atomic E-state index is 0.0325. The maximum atomic E-state index is 13.1. The number of anilines is 3. The van der Waals surface area contributed by atoms with Gasteiger partial charge in [0.05, 0.1) is 35.3 Å². The molecule has 1 aromatic carbocycles. The lowest BCUT2D eigenvalue weighted by molar-refractivity contribution is -0.137. The molecule has 1 aliphatic carbocycles. The number of aliphatic hydroxyl groups excluding tert-OH is 1. The Bertz CT molecular complexity index is 1130. The van der Waals surface area contributed by atoms with E-state index in [-0.39, 0.29) is 28.6 Å². The monoisotopic (exact) mass is 444 g/mol. The smallest absolute Gasteiger partial charge is 0.396 e. The van der Waals surface area contributed by atoms with Gasteiger partial charge in [-0.3, -0.25) is 15.2 Å². The highest BCUT2D eigenvalue weighted by Crippen LogP contribution is 2.36. The summed E-state index contributed by atoms with van der Waals surface area (Å²) in [4.78, 5) is 26.6. The number of alkyl halides is 3. The first kappa shape index (κ1) is 21.5. The van der Waals surface area contributed by atoms with Crippen LogP contribution in [0, 0.1) is 0 Å². The van der Waals surface area contributed by atoms with Gasteiger partial charge in [0.15, 0.2) is 11.6 Å². The molecule has 32 heavy (non-hydrogen) atoms. The Hall–Kier alpha value is -3.73. The van der Waals surface area contributed by atoms with E-state index in [2.05, 4.69) is 20.3 Å². The van der Waals surface area contributed by atoms with Crippen LogP contribution in [-0.4, -0.2) is 38.2 Å². The molecule has 166 valence electrons. The number of carbonyl (C=O) groups excluding carboxylic acids is 1. The molecule has 8 nitrogen and oxygen atoms in total. The summed E-state index contributed by atoms with van der Waals surface area (Å²) >= 11 is 0. The quantitative estimate of drug-likeness (QED) is 0.565. The summed E-state index contributed by atoms with van der Waals surface area (Å²) in [5.41, 5.74) is 5.82. The molecule has 2 aromatic heterocycles. The van der Waals surface area contributed by atoms with Crippen LogP contribution in [0.2, 0.25) is 0 Å². The second-order valence-electron chi connectivity index (χ2n) is 7.29. The van der Waals surface area contributed by atoms with E-state index in [1.165, 1.54) is 47.8 Å². The first-order valence-corrected chi connectivity index (χ1v) is 9.72. The van der Waals surface area contributed by atoms with E-state index in [0.717, 1.165) is 12.1 Å². The number of urea groups is 1. The predicted octanol–water partition coefficient (Wildman–Crippen LogP) is 3.70. The molecule has 0 spiro atoms. The van der Waals surface area contributed by atoms with E-state index >= 15 is 0 Å². The number of nitrogens with one attached hydrogen (secondary N) is 1. The van der Waals surface area contributed by atoms with Crippen molar-refractivity contribution in [2.75, 3.05) is 16.0 Å². The fourth-order valence-corrected chi connectivity index (χ4v) is 3.37. The summed E-state index contributed by atoms with van der Waals surface area (Å²) in [6, 6.07) is 6.41. The summed E-state index contributed by atoms with van der Waals surface area (Å²) in [5.74, 6) is 0.217. The number of nitrogens with zero attached hydrogens (tertiary/aromatic N) is 4. The van der Waals surface area contributed by atoms with E-state index < -0.39 is 29.9 Å². The Morgan fingerprint density at radius 3 is 2.62 bits per heavy atom. The third-order valence-corrected chi connectivity index (χ3v) is 5.17. The van der Waals surface area contributed by atoms with Gasteiger partial charge in [-0.1, -0.05) is 12.1 Å². The highest BCUT2D eigenvalue weighted by atomic mass is 19.4. The van der Waals surface area contributed by atoms with Crippen molar-refractivity contribution in [1.29, 1.82) is 0 Å². The lowest BCUT2D eigenvalue weighted by Gasteiger charge is -2.41. The Kier molecular flexibility index (Phi) is 5.66. The van der Waals surface area contributed by atoms with Crippen LogP contribution in [0.5, 0.6) is 0 Å². The standard InChI is InChI=1S/C21H19F3N6O2/c22-21(23,24)13-3-1-2-12(10-13)15-5-4-14(25)19(28-15)30(16-6-7-17(16)31)20(32)29-18-11-26-8-9-27-18/h1-5,8-11,16-17,31H,6-7,25H2,(H,27,29,32)/t16?,17-/m1/s1. The van der Waals surface area contributed by atoms with Crippen molar-refractivity contribution in [2.24, 2.45) is 0 Å². The van der Waals surface area contributed by atoms with E-state index in [4.69, 9.17) is 5.73 Å². The maximum absolute atomic E-state index is 13.1. The number of aromatic nitrogens is 3. The molecule has 1 unspecified atom stereocenters. The molecule has 0 aliphatic heterocycles. The average molecular weight is 444 g/mol. The third-order valence-electron chi connectivity index (χ3n) is 5.17. The van der Waals surface area contributed by atoms with Gasteiger partial charge in [0, 0.05) is 18.0 Å².